The zero-order valence-corrected chi connectivity index (χ0v) is 13.4. The van der Waals surface area contributed by atoms with Crippen LogP contribution in [0, 0.1) is 5.92 Å². The summed E-state index contributed by atoms with van der Waals surface area (Å²) in [5.74, 6) is 1.44. The molecule has 1 atom stereocenters. The summed E-state index contributed by atoms with van der Waals surface area (Å²) in [6.07, 6.45) is 8.11. The summed E-state index contributed by atoms with van der Waals surface area (Å²) < 4.78 is 0. The molecule has 0 aliphatic heterocycles. The second kappa shape index (κ2) is 5.76. The minimum absolute atomic E-state index is 0.0894. The van der Waals surface area contributed by atoms with Crippen molar-refractivity contribution in [1.82, 2.24) is 14.9 Å². The molecule has 4 rings (SSSR count). The Balaban J connectivity index is 1.55. The van der Waals surface area contributed by atoms with E-state index in [2.05, 4.69) is 21.8 Å². The summed E-state index contributed by atoms with van der Waals surface area (Å²) >= 11 is 0. The van der Waals surface area contributed by atoms with E-state index in [0.29, 0.717) is 29.4 Å². The van der Waals surface area contributed by atoms with Gasteiger partial charge in [0.15, 0.2) is 5.82 Å². The lowest BCUT2D eigenvalue weighted by Crippen LogP contribution is -2.41. The number of carbonyl (C=O) groups is 1. The van der Waals surface area contributed by atoms with Crippen molar-refractivity contribution >= 4 is 5.91 Å². The predicted molar refractivity (Wildman–Crippen MR) is 88.8 cm³/mol. The second-order valence-electron chi connectivity index (χ2n) is 6.68. The number of hydrogen-bond donors (Lipinski definition) is 0. The van der Waals surface area contributed by atoms with Crippen molar-refractivity contribution in [2.24, 2.45) is 5.92 Å². The van der Waals surface area contributed by atoms with Crippen LogP contribution in [0.2, 0.25) is 0 Å². The highest BCUT2D eigenvalue weighted by atomic mass is 16.2. The average Bonchev–Trinajstić information content (AvgIpc) is 3.49. The third kappa shape index (κ3) is 2.98. The van der Waals surface area contributed by atoms with Crippen LogP contribution in [0.15, 0.2) is 42.7 Å². The lowest BCUT2D eigenvalue weighted by Gasteiger charge is -2.29. The molecule has 118 valence electrons. The van der Waals surface area contributed by atoms with Gasteiger partial charge >= 0.3 is 0 Å². The van der Waals surface area contributed by atoms with Crippen LogP contribution >= 0.6 is 0 Å². The predicted octanol–water partition coefficient (Wildman–Crippen LogP) is 3.55. The Bertz CT molecular complexity index is 690. The molecule has 1 aromatic carbocycles. The molecule has 2 aromatic rings. The van der Waals surface area contributed by atoms with Crippen molar-refractivity contribution in [2.45, 2.75) is 44.7 Å². The largest absolute Gasteiger partial charge is 0.333 e. The molecule has 2 saturated carbocycles. The minimum Gasteiger partial charge on any atom is -0.333 e. The van der Waals surface area contributed by atoms with Gasteiger partial charge in [0.2, 0.25) is 0 Å². The molecular formula is C19H21N3O. The van der Waals surface area contributed by atoms with Crippen molar-refractivity contribution in [3.8, 4) is 11.4 Å². The van der Waals surface area contributed by atoms with Gasteiger partial charge in [0, 0.05) is 30.0 Å². The summed E-state index contributed by atoms with van der Waals surface area (Å²) in [4.78, 5) is 23.8. The molecule has 0 radical (unpaired) electrons. The Morgan fingerprint density at radius 1 is 1.09 bits per heavy atom. The molecule has 0 spiro atoms. The molecule has 0 unspecified atom stereocenters. The van der Waals surface area contributed by atoms with E-state index < -0.39 is 0 Å². The molecule has 2 aliphatic carbocycles. The lowest BCUT2D eigenvalue weighted by atomic mass is 10.1. The smallest absolute Gasteiger partial charge is 0.257 e. The van der Waals surface area contributed by atoms with Crippen LogP contribution in [0.4, 0.5) is 0 Å². The van der Waals surface area contributed by atoms with Crippen LogP contribution in [-0.2, 0) is 0 Å². The number of aromatic nitrogens is 2. The molecule has 0 N–H and O–H groups in total. The number of benzene rings is 1. The first-order chi connectivity index (χ1) is 11.2. The van der Waals surface area contributed by atoms with Crippen molar-refractivity contribution < 1.29 is 4.79 Å². The highest BCUT2D eigenvalue weighted by Gasteiger charge is 2.42. The third-order valence-corrected chi connectivity index (χ3v) is 4.85. The van der Waals surface area contributed by atoms with Crippen LogP contribution in [0.5, 0.6) is 0 Å². The highest BCUT2D eigenvalue weighted by Crippen LogP contribution is 2.40. The normalized spacial score (nSPS) is 18.5. The van der Waals surface area contributed by atoms with Gasteiger partial charge in [-0.2, -0.15) is 0 Å². The van der Waals surface area contributed by atoms with E-state index in [1.165, 1.54) is 12.8 Å². The SMILES string of the molecule is C[C@H](C1CC1)N(C(=O)c1cnc(-c2ccccc2)nc1)C1CC1. The first kappa shape index (κ1) is 14.4. The Labute approximate surface area is 136 Å². The van der Waals surface area contributed by atoms with Gasteiger partial charge in [0.1, 0.15) is 0 Å². The maximum atomic E-state index is 12.9. The standard InChI is InChI=1S/C19H21N3O/c1-13(14-7-8-14)22(17-9-10-17)19(23)16-11-20-18(21-12-16)15-5-3-2-4-6-15/h2-6,11-14,17H,7-10H2,1H3/t13-/m1/s1. The maximum Gasteiger partial charge on any atom is 0.257 e. The van der Waals surface area contributed by atoms with Gasteiger partial charge in [-0.15, -0.1) is 0 Å². The van der Waals surface area contributed by atoms with E-state index in [1.807, 2.05) is 30.3 Å². The van der Waals surface area contributed by atoms with E-state index in [1.54, 1.807) is 12.4 Å². The minimum atomic E-state index is 0.0894. The van der Waals surface area contributed by atoms with Crippen LogP contribution in [0.25, 0.3) is 11.4 Å². The van der Waals surface area contributed by atoms with E-state index in [-0.39, 0.29) is 5.91 Å². The van der Waals surface area contributed by atoms with Gasteiger partial charge in [0.25, 0.3) is 5.91 Å². The summed E-state index contributed by atoms with van der Waals surface area (Å²) in [6, 6.07) is 10.6. The van der Waals surface area contributed by atoms with Gasteiger partial charge in [-0.25, -0.2) is 9.97 Å². The van der Waals surface area contributed by atoms with Gasteiger partial charge in [0.05, 0.1) is 5.56 Å². The molecule has 4 heteroatoms. The van der Waals surface area contributed by atoms with Crippen molar-refractivity contribution in [3.63, 3.8) is 0 Å². The Hall–Kier alpha value is -2.23. The number of hydrogen-bond acceptors (Lipinski definition) is 3. The quantitative estimate of drug-likeness (QED) is 0.848. The molecule has 1 heterocycles. The van der Waals surface area contributed by atoms with Gasteiger partial charge in [-0.05, 0) is 38.5 Å². The fourth-order valence-electron chi connectivity index (χ4n) is 3.17. The van der Waals surface area contributed by atoms with Gasteiger partial charge < -0.3 is 4.90 Å². The molecule has 0 saturated heterocycles. The zero-order chi connectivity index (χ0) is 15.8. The average molecular weight is 307 g/mol. The maximum absolute atomic E-state index is 12.9. The van der Waals surface area contributed by atoms with E-state index in [9.17, 15) is 4.79 Å². The zero-order valence-electron chi connectivity index (χ0n) is 13.4. The van der Waals surface area contributed by atoms with E-state index >= 15 is 0 Å². The molecule has 2 aliphatic rings. The van der Waals surface area contributed by atoms with E-state index in [0.717, 1.165) is 18.4 Å². The van der Waals surface area contributed by atoms with Crippen LogP contribution in [-0.4, -0.2) is 32.9 Å². The first-order valence-corrected chi connectivity index (χ1v) is 8.44. The summed E-state index contributed by atoms with van der Waals surface area (Å²) in [5.41, 5.74) is 1.57. The van der Waals surface area contributed by atoms with Crippen molar-refractivity contribution in [2.75, 3.05) is 0 Å². The van der Waals surface area contributed by atoms with E-state index in [4.69, 9.17) is 0 Å². The molecular weight excluding hydrogens is 286 g/mol. The van der Waals surface area contributed by atoms with Gasteiger partial charge in [-0.3, -0.25) is 4.79 Å². The first-order valence-electron chi connectivity index (χ1n) is 8.44. The van der Waals surface area contributed by atoms with Crippen LogP contribution in [0.1, 0.15) is 43.0 Å². The molecule has 2 fully saturated rings. The van der Waals surface area contributed by atoms with Crippen LogP contribution < -0.4 is 0 Å². The molecule has 4 nitrogen and oxygen atoms in total. The molecule has 23 heavy (non-hydrogen) atoms. The number of carbonyl (C=O) groups excluding carboxylic acids is 1. The second-order valence-corrected chi connectivity index (χ2v) is 6.68. The lowest BCUT2D eigenvalue weighted by molar-refractivity contribution is 0.0653. The van der Waals surface area contributed by atoms with Crippen molar-refractivity contribution in [3.05, 3.63) is 48.3 Å². The monoisotopic (exact) mass is 307 g/mol. The Morgan fingerprint density at radius 3 is 2.30 bits per heavy atom. The number of rotatable bonds is 5. The third-order valence-electron chi connectivity index (χ3n) is 4.85. The number of nitrogens with zero attached hydrogens (tertiary/aromatic N) is 3. The number of amides is 1. The molecule has 0 bridgehead atoms. The fourth-order valence-corrected chi connectivity index (χ4v) is 3.17. The van der Waals surface area contributed by atoms with Crippen LogP contribution in [0.3, 0.4) is 0 Å². The molecule has 1 aromatic heterocycles. The van der Waals surface area contributed by atoms with Crippen molar-refractivity contribution in [1.29, 1.82) is 0 Å². The highest BCUT2D eigenvalue weighted by molar-refractivity contribution is 5.94. The summed E-state index contributed by atoms with van der Waals surface area (Å²) in [5, 5.41) is 0. The summed E-state index contributed by atoms with van der Waals surface area (Å²) in [6.45, 7) is 2.19. The topological polar surface area (TPSA) is 46.1 Å². The van der Waals surface area contributed by atoms with Gasteiger partial charge in [-0.1, -0.05) is 30.3 Å². The molecule has 1 amide bonds. The Kier molecular flexibility index (Phi) is 3.60. The summed E-state index contributed by atoms with van der Waals surface area (Å²) in [7, 11) is 0. The Morgan fingerprint density at radius 2 is 1.74 bits per heavy atom. The fraction of sp³-hybridized carbons (Fsp3) is 0.421.